The average molecular weight is 768 g/mol. The van der Waals surface area contributed by atoms with Gasteiger partial charge in [-0.05, 0) is 122 Å². The summed E-state index contributed by atoms with van der Waals surface area (Å²) in [6.45, 7) is 10.8. The summed E-state index contributed by atoms with van der Waals surface area (Å²) >= 11 is 3.18. The number of carbonyl (C=O) groups is 5. The zero-order chi connectivity index (χ0) is 38.3. The number of aryl methyl sites for hydroxylation is 2. The molecule has 0 aliphatic heterocycles. The number of aromatic carboxylic acids is 1. The van der Waals surface area contributed by atoms with E-state index in [-0.39, 0.29) is 66.6 Å². The second kappa shape index (κ2) is 14.4. The highest BCUT2D eigenvalue weighted by Gasteiger charge is 2.48. The lowest BCUT2D eigenvalue weighted by atomic mass is 9.87. The van der Waals surface area contributed by atoms with Gasteiger partial charge in [-0.1, -0.05) is 0 Å². The van der Waals surface area contributed by atoms with Crippen molar-refractivity contribution < 1.29 is 63.0 Å². The molecule has 0 saturated carbocycles. The van der Waals surface area contributed by atoms with Crippen LogP contribution in [0.5, 0.6) is 28.7 Å². The largest absolute Gasteiger partial charge is 0.506 e. The van der Waals surface area contributed by atoms with Crippen LogP contribution >= 0.6 is 15.9 Å². The molecule has 0 saturated heterocycles. The number of carboxylic acids is 1. The van der Waals surface area contributed by atoms with Crippen molar-refractivity contribution in [3.63, 3.8) is 0 Å². The number of halogens is 1. The highest BCUT2D eigenvalue weighted by atomic mass is 79.9. The molecular formula is C37H35BrO13. The second-order valence-electron chi connectivity index (χ2n) is 11.9. The number of ketones is 1. The van der Waals surface area contributed by atoms with Gasteiger partial charge in [-0.15, -0.1) is 0 Å². The minimum atomic E-state index is -2.43. The lowest BCUT2D eigenvalue weighted by Gasteiger charge is -2.30. The highest BCUT2D eigenvalue weighted by molar-refractivity contribution is 9.10. The standard InChI is InChI=1S/C37H35BrO13/c1-15-10-23(11-16(2)27(15)34(43)50-24-14-25(47-8)28(33(41)42)19(5)18(24)4)49-35(44)29-20(6)21(7)32(30(38)31(29)40)51-36(45)37(46)17(3)12-22(39)13-26(37)48-9/h10-14,40,46H,1-9H3,(H,41,42)/t37-/m1/s1. The van der Waals surface area contributed by atoms with Crippen molar-refractivity contribution in [1.29, 1.82) is 0 Å². The number of aromatic hydroxyl groups is 1. The molecule has 3 aromatic rings. The van der Waals surface area contributed by atoms with E-state index in [1.807, 2.05) is 0 Å². The van der Waals surface area contributed by atoms with E-state index in [1.165, 1.54) is 53.2 Å². The van der Waals surface area contributed by atoms with Gasteiger partial charge in [0.2, 0.25) is 5.60 Å². The fourth-order valence-corrected chi connectivity index (χ4v) is 6.29. The Balaban J connectivity index is 1.61. The van der Waals surface area contributed by atoms with E-state index in [4.69, 9.17) is 23.7 Å². The maximum Gasteiger partial charge on any atom is 0.356 e. The maximum absolute atomic E-state index is 13.5. The van der Waals surface area contributed by atoms with Gasteiger partial charge in [0, 0.05) is 12.1 Å². The first-order chi connectivity index (χ1) is 23.8. The van der Waals surface area contributed by atoms with E-state index in [9.17, 15) is 39.3 Å². The molecular weight excluding hydrogens is 732 g/mol. The van der Waals surface area contributed by atoms with Crippen LogP contribution in [0.3, 0.4) is 0 Å². The summed E-state index contributed by atoms with van der Waals surface area (Å²) in [5, 5.41) is 31.9. The third kappa shape index (κ3) is 6.84. The van der Waals surface area contributed by atoms with Crippen LogP contribution < -0.4 is 18.9 Å². The van der Waals surface area contributed by atoms with E-state index in [0.717, 1.165) is 12.2 Å². The van der Waals surface area contributed by atoms with Gasteiger partial charge < -0.3 is 39.0 Å². The number of phenolic OH excluding ortho intramolecular Hbond substituents is 1. The number of hydrogen-bond acceptors (Lipinski definition) is 12. The molecule has 51 heavy (non-hydrogen) atoms. The number of phenols is 1. The lowest BCUT2D eigenvalue weighted by molar-refractivity contribution is -0.151. The Morgan fingerprint density at radius 2 is 1.27 bits per heavy atom. The predicted octanol–water partition coefficient (Wildman–Crippen LogP) is 5.85. The van der Waals surface area contributed by atoms with E-state index >= 15 is 0 Å². The molecule has 1 atom stereocenters. The second-order valence-corrected chi connectivity index (χ2v) is 12.7. The molecule has 268 valence electrons. The molecule has 1 aliphatic rings. The normalized spacial score (nSPS) is 15.4. The van der Waals surface area contributed by atoms with E-state index in [0.29, 0.717) is 22.3 Å². The van der Waals surface area contributed by atoms with Crippen molar-refractivity contribution in [2.24, 2.45) is 0 Å². The van der Waals surface area contributed by atoms with Crippen LogP contribution in [-0.4, -0.2) is 64.8 Å². The van der Waals surface area contributed by atoms with Crippen molar-refractivity contribution in [2.75, 3.05) is 14.2 Å². The number of aliphatic hydroxyl groups is 1. The summed E-state index contributed by atoms with van der Waals surface area (Å²) in [4.78, 5) is 63.8. The van der Waals surface area contributed by atoms with Crippen molar-refractivity contribution >= 4 is 45.6 Å². The summed E-state index contributed by atoms with van der Waals surface area (Å²) < 4.78 is 26.9. The van der Waals surface area contributed by atoms with Crippen LogP contribution in [-0.2, 0) is 14.3 Å². The fourth-order valence-electron chi connectivity index (χ4n) is 5.71. The summed E-state index contributed by atoms with van der Waals surface area (Å²) in [6.07, 6.45) is 2.02. The van der Waals surface area contributed by atoms with Crippen molar-refractivity contribution in [3.8, 4) is 28.7 Å². The molecule has 13 nitrogen and oxygen atoms in total. The van der Waals surface area contributed by atoms with Gasteiger partial charge >= 0.3 is 23.9 Å². The van der Waals surface area contributed by atoms with Crippen LogP contribution in [0.4, 0.5) is 0 Å². The molecule has 0 spiro atoms. The molecule has 4 rings (SSSR count). The zero-order valence-corrected chi connectivity index (χ0v) is 30.8. The Morgan fingerprint density at radius 3 is 1.82 bits per heavy atom. The lowest BCUT2D eigenvalue weighted by Crippen LogP contribution is -2.47. The van der Waals surface area contributed by atoms with Crippen molar-refractivity contribution in [3.05, 3.63) is 96.2 Å². The summed E-state index contributed by atoms with van der Waals surface area (Å²) in [7, 11) is 2.49. The number of methoxy groups -OCH3 is 2. The molecule has 0 fully saturated rings. The third-order valence-corrected chi connectivity index (χ3v) is 9.50. The highest BCUT2D eigenvalue weighted by Crippen LogP contribution is 2.44. The van der Waals surface area contributed by atoms with Crippen molar-refractivity contribution in [1.82, 2.24) is 0 Å². The van der Waals surface area contributed by atoms with E-state index in [2.05, 4.69) is 15.9 Å². The van der Waals surface area contributed by atoms with Gasteiger partial charge in [0.05, 0.1) is 19.8 Å². The number of carbonyl (C=O) groups excluding carboxylic acids is 4. The van der Waals surface area contributed by atoms with Crippen molar-refractivity contribution in [2.45, 2.75) is 54.1 Å². The Hall–Kier alpha value is -5.47. The van der Waals surface area contributed by atoms with Gasteiger partial charge in [-0.3, -0.25) is 4.79 Å². The van der Waals surface area contributed by atoms with Gasteiger partial charge in [0.25, 0.3) is 0 Å². The monoisotopic (exact) mass is 766 g/mol. The Kier molecular flexibility index (Phi) is 10.8. The molecule has 0 radical (unpaired) electrons. The average Bonchev–Trinajstić information content (AvgIpc) is 3.05. The Labute approximate surface area is 301 Å². The number of rotatable bonds is 9. The molecule has 0 unspecified atom stereocenters. The number of allylic oxidation sites excluding steroid dienone is 2. The molecule has 3 aromatic carbocycles. The zero-order valence-electron chi connectivity index (χ0n) is 29.2. The maximum atomic E-state index is 13.5. The SMILES string of the molecule is COC1=CC(=O)C=C(C)[C@]1(O)C(=O)Oc1c(C)c(C)c(C(=O)Oc2cc(C)c(C(=O)Oc3cc(OC)c(C(=O)O)c(C)c3C)c(C)c2)c(O)c1Br. The molecule has 14 heteroatoms. The first-order valence-electron chi connectivity index (χ1n) is 15.2. The number of esters is 3. The van der Waals surface area contributed by atoms with Gasteiger partial charge in [-0.25, -0.2) is 19.2 Å². The van der Waals surface area contributed by atoms with Crippen LogP contribution in [0.25, 0.3) is 0 Å². The molecule has 0 aromatic heterocycles. The molecule has 1 aliphatic carbocycles. The van der Waals surface area contributed by atoms with Crippen LogP contribution in [0.2, 0.25) is 0 Å². The van der Waals surface area contributed by atoms with E-state index < -0.39 is 41.0 Å². The first-order valence-corrected chi connectivity index (χ1v) is 16.0. The predicted molar refractivity (Wildman–Crippen MR) is 185 cm³/mol. The van der Waals surface area contributed by atoms with Gasteiger partial charge in [0.15, 0.2) is 11.5 Å². The smallest absolute Gasteiger partial charge is 0.356 e. The van der Waals surface area contributed by atoms with Crippen LogP contribution in [0.1, 0.15) is 71.4 Å². The summed E-state index contributed by atoms with van der Waals surface area (Å²) in [5.74, 6) is -5.59. The number of carboxylic acid groups (broad SMARTS) is 1. The quantitative estimate of drug-likeness (QED) is 0.174. The van der Waals surface area contributed by atoms with Crippen LogP contribution in [0, 0.1) is 41.5 Å². The number of ether oxygens (including phenoxy) is 5. The Bertz CT molecular complexity index is 2060. The first kappa shape index (κ1) is 38.3. The molecule has 0 bridgehead atoms. The van der Waals surface area contributed by atoms with Gasteiger partial charge in [-0.2, -0.15) is 0 Å². The fraction of sp³-hybridized carbons (Fsp3) is 0.270. The van der Waals surface area contributed by atoms with Crippen LogP contribution in [0.15, 0.2) is 46.2 Å². The Morgan fingerprint density at radius 1 is 0.706 bits per heavy atom. The van der Waals surface area contributed by atoms with E-state index in [1.54, 1.807) is 27.7 Å². The molecule has 0 heterocycles. The topological polar surface area (TPSA) is 192 Å². The number of benzene rings is 3. The molecule has 0 amide bonds. The van der Waals surface area contributed by atoms with Gasteiger partial charge in [0.1, 0.15) is 44.4 Å². The molecule has 3 N–H and O–H groups in total. The summed E-state index contributed by atoms with van der Waals surface area (Å²) in [5.41, 5.74) is -0.579. The third-order valence-electron chi connectivity index (χ3n) is 8.77. The minimum Gasteiger partial charge on any atom is -0.506 e. The minimum absolute atomic E-state index is 0.0274. The number of hydrogen-bond donors (Lipinski definition) is 3. The summed E-state index contributed by atoms with van der Waals surface area (Å²) in [6, 6.07) is 4.20.